The van der Waals surface area contributed by atoms with Gasteiger partial charge in [0, 0.05) is 29.9 Å². The van der Waals surface area contributed by atoms with E-state index in [1.165, 1.54) is 0 Å². The first-order valence-electron chi connectivity index (χ1n) is 11.6. The van der Waals surface area contributed by atoms with Crippen molar-refractivity contribution in [3.63, 3.8) is 0 Å². The number of nitrogens with one attached hydrogen (secondary N) is 1. The molecule has 0 aliphatic carbocycles. The summed E-state index contributed by atoms with van der Waals surface area (Å²) in [6.45, 7) is 4.96. The molecule has 1 atom stereocenters. The molecule has 0 bridgehead atoms. The number of aryl methyl sites for hydroxylation is 2. The van der Waals surface area contributed by atoms with Crippen molar-refractivity contribution >= 4 is 17.6 Å². The second kappa shape index (κ2) is 8.77. The molecule has 33 heavy (non-hydrogen) atoms. The van der Waals surface area contributed by atoms with Gasteiger partial charge in [-0.3, -0.25) is 19.6 Å². The van der Waals surface area contributed by atoms with E-state index in [9.17, 15) is 9.59 Å². The molecule has 1 fully saturated rings. The first kappa shape index (κ1) is 21.3. The number of fused-ring (bicyclic) bond motifs is 1. The Labute approximate surface area is 193 Å². The summed E-state index contributed by atoms with van der Waals surface area (Å²) in [5, 5.41) is 6.87. The molecular formula is C25H28N6O2. The smallest absolute Gasteiger partial charge is 0.257 e. The zero-order valence-electron chi connectivity index (χ0n) is 19.0. The zero-order chi connectivity index (χ0) is 22.9. The van der Waals surface area contributed by atoms with Crippen LogP contribution < -0.4 is 4.90 Å². The van der Waals surface area contributed by atoms with Crippen LogP contribution >= 0.6 is 0 Å². The van der Waals surface area contributed by atoms with Gasteiger partial charge in [-0.25, -0.2) is 9.97 Å². The number of carbonyl (C=O) groups excluding carboxylic acids is 2. The molecule has 1 unspecified atom stereocenters. The van der Waals surface area contributed by atoms with E-state index in [1.54, 1.807) is 11.1 Å². The van der Waals surface area contributed by atoms with Crippen molar-refractivity contribution in [1.82, 2.24) is 25.1 Å². The largest absolute Gasteiger partial charge is 0.328 e. The highest BCUT2D eigenvalue weighted by Crippen LogP contribution is 2.35. The third-order valence-corrected chi connectivity index (χ3v) is 6.66. The van der Waals surface area contributed by atoms with Crippen LogP contribution in [0.2, 0.25) is 0 Å². The molecule has 3 aromatic rings. The molecule has 2 aliphatic heterocycles. The van der Waals surface area contributed by atoms with Crippen molar-refractivity contribution in [1.29, 1.82) is 0 Å². The lowest BCUT2D eigenvalue weighted by Crippen LogP contribution is -2.41. The van der Waals surface area contributed by atoms with Crippen LogP contribution in [0.3, 0.4) is 0 Å². The van der Waals surface area contributed by atoms with Gasteiger partial charge in [-0.2, -0.15) is 5.10 Å². The molecule has 0 radical (unpaired) electrons. The number of piperidine rings is 1. The number of benzene rings is 1. The maximum Gasteiger partial charge on any atom is 0.257 e. The fourth-order valence-corrected chi connectivity index (χ4v) is 4.85. The van der Waals surface area contributed by atoms with Crippen LogP contribution in [-0.2, 0) is 17.8 Å². The number of amides is 2. The lowest BCUT2D eigenvalue weighted by atomic mass is 9.98. The van der Waals surface area contributed by atoms with E-state index in [2.05, 4.69) is 10.2 Å². The molecule has 2 aliphatic rings. The van der Waals surface area contributed by atoms with Gasteiger partial charge >= 0.3 is 0 Å². The fourth-order valence-electron chi connectivity index (χ4n) is 4.85. The van der Waals surface area contributed by atoms with Gasteiger partial charge in [0.15, 0.2) is 5.82 Å². The fraction of sp³-hybridized carbons (Fsp3) is 0.400. The number of carbonyl (C=O) groups is 2. The molecule has 8 heteroatoms. The minimum absolute atomic E-state index is 0.0536. The van der Waals surface area contributed by atoms with Crippen molar-refractivity contribution in [3.05, 3.63) is 70.4 Å². The summed E-state index contributed by atoms with van der Waals surface area (Å²) in [6, 6.07) is 9.74. The predicted molar refractivity (Wildman–Crippen MR) is 124 cm³/mol. The lowest BCUT2D eigenvalue weighted by Gasteiger charge is -2.36. The summed E-state index contributed by atoms with van der Waals surface area (Å²) in [6.07, 6.45) is 5.44. The van der Waals surface area contributed by atoms with Crippen LogP contribution in [0.5, 0.6) is 0 Å². The van der Waals surface area contributed by atoms with E-state index in [0.29, 0.717) is 43.1 Å². The first-order valence-corrected chi connectivity index (χ1v) is 11.6. The van der Waals surface area contributed by atoms with Crippen molar-refractivity contribution in [2.45, 2.75) is 58.5 Å². The van der Waals surface area contributed by atoms with Gasteiger partial charge in [0.2, 0.25) is 5.91 Å². The van der Waals surface area contributed by atoms with E-state index in [4.69, 9.17) is 9.97 Å². The van der Waals surface area contributed by atoms with Crippen molar-refractivity contribution in [2.75, 3.05) is 11.4 Å². The maximum atomic E-state index is 13.3. The standard InChI is InChI=1S/C25H28N6O2/c1-16-19-11-12-22(32)31(15-18-8-4-3-5-9-18)24(19)28-23(27-16)21-10-6-7-13-30(21)25(33)20-14-26-29-17(20)2/h3-5,8-9,14,21H,6-7,10-13,15H2,1-2H3,(H,26,29). The van der Waals surface area contributed by atoms with Crippen LogP contribution in [0.15, 0.2) is 36.5 Å². The van der Waals surface area contributed by atoms with Gasteiger partial charge in [0.05, 0.1) is 24.3 Å². The number of aromatic nitrogens is 4. The van der Waals surface area contributed by atoms with Gasteiger partial charge in [-0.1, -0.05) is 30.3 Å². The molecule has 170 valence electrons. The van der Waals surface area contributed by atoms with Gasteiger partial charge in [0.1, 0.15) is 5.82 Å². The van der Waals surface area contributed by atoms with Crippen LogP contribution in [0, 0.1) is 13.8 Å². The van der Waals surface area contributed by atoms with Crippen molar-refractivity contribution < 1.29 is 9.59 Å². The number of hydrogen-bond donors (Lipinski definition) is 1. The average molecular weight is 445 g/mol. The molecule has 0 spiro atoms. The number of nitrogens with zero attached hydrogens (tertiary/aromatic N) is 5. The number of likely N-dealkylation sites (tertiary alicyclic amines) is 1. The SMILES string of the molecule is Cc1nc(C2CCCCN2C(=O)c2cn[nH]c2C)nc2c1CCC(=O)N2Cc1ccccc1. The Morgan fingerprint density at radius 3 is 2.70 bits per heavy atom. The topological polar surface area (TPSA) is 95.1 Å². The normalized spacial score (nSPS) is 18.4. The third-order valence-electron chi connectivity index (χ3n) is 6.66. The van der Waals surface area contributed by atoms with Crippen LogP contribution in [-0.4, -0.2) is 43.4 Å². The van der Waals surface area contributed by atoms with Crippen molar-refractivity contribution in [3.8, 4) is 0 Å². The van der Waals surface area contributed by atoms with Crippen LogP contribution in [0.1, 0.15) is 70.4 Å². The molecule has 8 nitrogen and oxygen atoms in total. The number of hydrogen-bond acceptors (Lipinski definition) is 5. The Morgan fingerprint density at radius 1 is 1.12 bits per heavy atom. The molecule has 1 saturated heterocycles. The molecule has 1 N–H and O–H groups in total. The summed E-state index contributed by atoms with van der Waals surface area (Å²) in [7, 11) is 0. The average Bonchev–Trinajstić information content (AvgIpc) is 3.27. The van der Waals surface area contributed by atoms with Crippen LogP contribution in [0.25, 0.3) is 0 Å². The first-order chi connectivity index (χ1) is 16.0. The van der Waals surface area contributed by atoms with E-state index in [0.717, 1.165) is 41.8 Å². The molecule has 4 heterocycles. The maximum absolute atomic E-state index is 13.3. The monoisotopic (exact) mass is 444 g/mol. The third kappa shape index (κ3) is 4.01. The minimum atomic E-state index is -0.222. The Hall–Kier alpha value is -3.55. The van der Waals surface area contributed by atoms with E-state index < -0.39 is 0 Å². The second-order valence-corrected chi connectivity index (χ2v) is 8.85. The quantitative estimate of drug-likeness (QED) is 0.663. The Bertz CT molecular complexity index is 1190. The molecule has 5 rings (SSSR count). The van der Waals surface area contributed by atoms with Gasteiger partial charge in [-0.15, -0.1) is 0 Å². The zero-order valence-corrected chi connectivity index (χ0v) is 19.0. The van der Waals surface area contributed by atoms with E-state index in [-0.39, 0.29) is 17.9 Å². The summed E-state index contributed by atoms with van der Waals surface area (Å²) in [4.78, 5) is 39.7. The van der Waals surface area contributed by atoms with Crippen LogP contribution in [0.4, 0.5) is 5.82 Å². The van der Waals surface area contributed by atoms with Gasteiger partial charge < -0.3 is 4.90 Å². The van der Waals surface area contributed by atoms with E-state index >= 15 is 0 Å². The highest BCUT2D eigenvalue weighted by Gasteiger charge is 2.34. The summed E-state index contributed by atoms with van der Waals surface area (Å²) < 4.78 is 0. The Kier molecular flexibility index (Phi) is 5.66. The number of H-pyrrole nitrogens is 1. The summed E-state index contributed by atoms with van der Waals surface area (Å²) >= 11 is 0. The van der Waals surface area contributed by atoms with E-state index in [1.807, 2.05) is 49.1 Å². The predicted octanol–water partition coefficient (Wildman–Crippen LogP) is 3.66. The van der Waals surface area contributed by atoms with Crippen molar-refractivity contribution in [2.24, 2.45) is 0 Å². The second-order valence-electron chi connectivity index (χ2n) is 8.85. The number of aromatic amines is 1. The molecule has 2 amide bonds. The molecular weight excluding hydrogens is 416 g/mol. The highest BCUT2D eigenvalue weighted by atomic mass is 16.2. The summed E-state index contributed by atoms with van der Waals surface area (Å²) in [5.74, 6) is 1.33. The minimum Gasteiger partial charge on any atom is -0.328 e. The number of rotatable bonds is 4. The Morgan fingerprint density at radius 2 is 1.94 bits per heavy atom. The van der Waals surface area contributed by atoms with Gasteiger partial charge in [-0.05, 0) is 45.1 Å². The highest BCUT2D eigenvalue weighted by molar-refractivity contribution is 5.96. The molecule has 2 aromatic heterocycles. The Balaban J connectivity index is 1.52. The van der Waals surface area contributed by atoms with Gasteiger partial charge in [0.25, 0.3) is 5.91 Å². The number of anilines is 1. The molecule has 0 saturated carbocycles. The summed E-state index contributed by atoms with van der Waals surface area (Å²) in [5.41, 5.74) is 4.30. The molecule has 1 aromatic carbocycles. The lowest BCUT2D eigenvalue weighted by molar-refractivity contribution is -0.119.